The molecule has 5 heteroatoms. The topological polar surface area (TPSA) is 15.3 Å². The van der Waals surface area contributed by atoms with Gasteiger partial charge in [-0.2, -0.15) is 0 Å². The van der Waals surface area contributed by atoms with Crippen LogP contribution in [0.2, 0.25) is 15.1 Å². The van der Waals surface area contributed by atoms with Crippen LogP contribution in [0.5, 0.6) is 0 Å². The Morgan fingerprint density at radius 2 is 1.67 bits per heavy atom. The largest absolute Gasteiger partial charge is 0.364 e. The Balaban J connectivity index is 1.90. The molecule has 0 radical (unpaired) electrons. The number of piperidine rings is 2. The Bertz CT molecular complexity index is 506. The highest BCUT2D eigenvalue weighted by atomic mass is 35.5. The second-order valence-electron chi connectivity index (χ2n) is 6.09. The van der Waals surface area contributed by atoms with Gasteiger partial charge in [-0.15, -0.1) is 0 Å². The average Bonchev–Trinajstić information content (AvgIpc) is 2.42. The summed E-state index contributed by atoms with van der Waals surface area (Å²) in [7, 11) is 0. The van der Waals surface area contributed by atoms with Crippen LogP contribution in [0.4, 0.5) is 5.69 Å². The molecule has 0 aromatic heterocycles. The van der Waals surface area contributed by atoms with Crippen molar-refractivity contribution in [1.82, 2.24) is 5.32 Å². The van der Waals surface area contributed by atoms with Gasteiger partial charge in [0.1, 0.15) is 0 Å². The molecule has 1 aromatic carbocycles. The number of nitrogens with zero attached hydrogens (tertiary/aromatic N) is 1. The first-order valence-electron chi connectivity index (χ1n) is 7.76. The molecule has 2 aliphatic rings. The number of rotatable bonds is 3. The predicted octanol–water partition coefficient (Wildman–Crippen LogP) is 5.15. The third-order valence-corrected chi connectivity index (χ3v) is 5.76. The molecule has 2 unspecified atom stereocenters. The zero-order valence-electron chi connectivity index (χ0n) is 12.2. The summed E-state index contributed by atoms with van der Waals surface area (Å²) in [6.07, 6.45) is 6.13. The molecular formula is C16H21Cl3N2. The second-order valence-corrected chi connectivity index (χ2v) is 7.31. The fourth-order valence-electron chi connectivity index (χ4n) is 3.94. The van der Waals surface area contributed by atoms with Gasteiger partial charge in [-0.25, -0.2) is 0 Å². The van der Waals surface area contributed by atoms with Gasteiger partial charge in [0, 0.05) is 18.1 Å². The minimum atomic E-state index is 0.526. The van der Waals surface area contributed by atoms with Crippen molar-refractivity contribution < 1.29 is 0 Å². The summed E-state index contributed by atoms with van der Waals surface area (Å²) in [6.45, 7) is 3.22. The van der Waals surface area contributed by atoms with Gasteiger partial charge in [0.05, 0.1) is 20.8 Å². The lowest BCUT2D eigenvalue weighted by atomic mass is 9.81. The zero-order valence-corrected chi connectivity index (χ0v) is 14.5. The van der Waals surface area contributed by atoms with Crippen molar-refractivity contribution in [3.63, 3.8) is 0 Å². The van der Waals surface area contributed by atoms with Crippen molar-refractivity contribution >= 4 is 40.5 Å². The summed E-state index contributed by atoms with van der Waals surface area (Å²) in [5.74, 6) is 0. The molecule has 2 atom stereocenters. The van der Waals surface area contributed by atoms with E-state index in [1.54, 1.807) is 6.07 Å². The average molecular weight is 348 g/mol. The maximum atomic E-state index is 6.44. The Morgan fingerprint density at radius 3 is 2.29 bits per heavy atom. The number of hydrogen-bond donors (Lipinski definition) is 1. The third kappa shape index (κ3) is 3.14. The van der Waals surface area contributed by atoms with E-state index in [-0.39, 0.29) is 0 Å². The van der Waals surface area contributed by atoms with Crippen LogP contribution in [-0.4, -0.2) is 24.7 Å². The van der Waals surface area contributed by atoms with Crippen molar-refractivity contribution in [2.24, 2.45) is 0 Å². The van der Waals surface area contributed by atoms with E-state index in [2.05, 4.69) is 17.1 Å². The van der Waals surface area contributed by atoms with Gasteiger partial charge in [-0.05, 0) is 50.8 Å². The molecule has 2 saturated heterocycles. The van der Waals surface area contributed by atoms with Gasteiger partial charge in [-0.3, -0.25) is 0 Å². The van der Waals surface area contributed by atoms with Crippen LogP contribution >= 0.6 is 34.8 Å². The van der Waals surface area contributed by atoms with E-state index in [1.165, 1.54) is 32.1 Å². The number of fused-ring (bicyclic) bond motifs is 2. The van der Waals surface area contributed by atoms with Crippen molar-refractivity contribution in [2.75, 3.05) is 11.4 Å². The first-order valence-corrected chi connectivity index (χ1v) is 8.89. The first-order chi connectivity index (χ1) is 10.1. The minimum Gasteiger partial charge on any atom is -0.364 e. The normalized spacial score (nSPS) is 28.8. The maximum absolute atomic E-state index is 6.44. The van der Waals surface area contributed by atoms with Gasteiger partial charge < -0.3 is 10.2 Å². The number of benzene rings is 1. The number of anilines is 1. The van der Waals surface area contributed by atoms with Crippen LogP contribution in [0.15, 0.2) is 12.1 Å². The van der Waals surface area contributed by atoms with E-state index in [0.29, 0.717) is 33.2 Å². The van der Waals surface area contributed by atoms with Crippen molar-refractivity contribution in [3.05, 3.63) is 27.2 Å². The third-order valence-electron chi connectivity index (χ3n) is 4.74. The molecule has 2 bridgehead atoms. The number of hydrogen-bond acceptors (Lipinski definition) is 2. The molecule has 2 aliphatic heterocycles. The molecule has 2 fully saturated rings. The highest BCUT2D eigenvalue weighted by molar-refractivity contribution is 6.44. The summed E-state index contributed by atoms with van der Waals surface area (Å²) < 4.78 is 0. The minimum absolute atomic E-state index is 0.526. The summed E-state index contributed by atoms with van der Waals surface area (Å²) in [4.78, 5) is 2.50. The SMILES string of the molecule is CCNC1CC2CCCC(C1)N2c1cc(Cl)c(Cl)cc1Cl. The highest BCUT2D eigenvalue weighted by Gasteiger charge is 2.38. The number of nitrogens with one attached hydrogen (secondary N) is 1. The Kier molecular flexibility index (Phi) is 4.90. The Morgan fingerprint density at radius 1 is 1.05 bits per heavy atom. The molecule has 0 aliphatic carbocycles. The molecule has 0 amide bonds. The van der Waals surface area contributed by atoms with E-state index < -0.39 is 0 Å². The summed E-state index contributed by atoms with van der Waals surface area (Å²) in [5.41, 5.74) is 1.05. The van der Waals surface area contributed by atoms with Crippen molar-refractivity contribution in [1.29, 1.82) is 0 Å². The monoisotopic (exact) mass is 346 g/mol. The van der Waals surface area contributed by atoms with Crippen LogP contribution in [0.25, 0.3) is 0 Å². The molecule has 0 saturated carbocycles. The van der Waals surface area contributed by atoms with Crippen LogP contribution in [0.3, 0.4) is 0 Å². The van der Waals surface area contributed by atoms with Crippen LogP contribution in [0.1, 0.15) is 39.0 Å². The van der Waals surface area contributed by atoms with Gasteiger partial charge in [0.25, 0.3) is 0 Å². The van der Waals surface area contributed by atoms with E-state index in [1.807, 2.05) is 6.07 Å². The molecule has 2 nitrogen and oxygen atoms in total. The molecule has 21 heavy (non-hydrogen) atoms. The first kappa shape index (κ1) is 15.7. The van der Waals surface area contributed by atoms with Crippen LogP contribution in [0, 0.1) is 0 Å². The maximum Gasteiger partial charge on any atom is 0.0655 e. The summed E-state index contributed by atoms with van der Waals surface area (Å²) in [6, 6.07) is 5.44. The molecule has 0 spiro atoms. The second kappa shape index (κ2) is 6.54. The van der Waals surface area contributed by atoms with Gasteiger partial charge in [0.2, 0.25) is 0 Å². The van der Waals surface area contributed by atoms with E-state index in [9.17, 15) is 0 Å². The Labute approximate surface area is 141 Å². The van der Waals surface area contributed by atoms with E-state index in [0.717, 1.165) is 12.2 Å². The van der Waals surface area contributed by atoms with Crippen LogP contribution in [-0.2, 0) is 0 Å². The molecule has 1 N–H and O–H groups in total. The Hall–Kier alpha value is -0.150. The molecule has 116 valence electrons. The molecular weight excluding hydrogens is 327 g/mol. The predicted molar refractivity (Wildman–Crippen MR) is 92.1 cm³/mol. The lowest BCUT2D eigenvalue weighted by Crippen LogP contribution is -2.56. The van der Waals surface area contributed by atoms with E-state index >= 15 is 0 Å². The summed E-state index contributed by atoms with van der Waals surface area (Å²) in [5, 5.41) is 5.44. The highest BCUT2D eigenvalue weighted by Crippen LogP contribution is 2.43. The lowest BCUT2D eigenvalue weighted by molar-refractivity contribution is 0.247. The molecule has 1 aromatic rings. The zero-order chi connectivity index (χ0) is 15.0. The van der Waals surface area contributed by atoms with Crippen molar-refractivity contribution in [3.8, 4) is 0 Å². The van der Waals surface area contributed by atoms with Crippen molar-refractivity contribution in [2.45, 2.75) is 57.2 Å². The molecule has 2 heterocycles. The lowest BCUT2D eigenvalue weighted by Gasteiger charge is -2.50. The number of halogens is 3. The fourth-order valence-corrected chi connectivity index (χ4v) is 4.58. The quantitative estimate of drug-likeness (QED) is 0.761. The fraction of sp³-hybridized carbons (Fsp3) is 0.625. The standard InChI is InChI=1S/C16H21Cl3N2/c1-2-20-10-6-11-4-3-5-12(7-10)21(11)16-9-14(18)13(17)8-15(16)19/h8-12,20H,2-7H2,1H3. The van der Waals surface area contributed by atoms with Crippen LogP contribution < -0.4 is 10.2 Å². The van der Waals surface area contributed by atoms with E-state index in [4.69, 9.17) is 34.8 Å². The summed E-state index contributed by atoms with van der Waals surface area (Å²) >= 11 is 18.7. The van der Waals surface area contributed by atoms with Gasteiger partial charge in [0.15, 0.2) is 0 Å². The van der Waals surface area contributed by atoms with Gasteiger partial charge >= 0.3 is 0 Å². The van der Waals surface area contributed by atoms with Gasteiger partial charge in [-0.1, -0.05) is 41.7 Å². The molecule has 3 rings (SSSR count). The smallest absolute Gasteiger partial charge is 0.0655 e.